The Morgan fingerprint density at radius 2 is 2.07 bits per heavy atom. The van der Waals surface area contributed by atoms with Crippen LogP contribution in [0.15, 0.2) is 0 Å². The van der Waals surface area contributed by atoms with Gasteiger partial charge in [-0.25, -0.2) is 0 Å². The summed E-state index contributed by atoms with van der Waals surface area (Å²) in [5, 5.41) is 0. The number of ketones is 1. The fraction of sp³-hybridized carbons (Fsp3) is 0.818. The first-order chi connectivity index (χ1) is 7.24. The first-order valence-corrected chi connectivity index (χ1v) is 5.52. The second kappa shape index (κ2) is 6.56. The third kappa shape index (κ3) is 4.42. The Morgan fingerprint density at radius 3 is 2.80 bits per heavy atom. The van der Waals surface area contributed by atoms with Gasteiger partial charge in [-0.3, -0.25) is 9.59 Å². The number of likely N-dealkylation sites (tertiary alicyclic amines) is 1. The van der Waals surface area contributed by atoms with E-state index < -0.39 is 0 Å². The molecule has 1 rings (SSSR count). The zero-order chi connectivity index (χ0) is 11.1. The van der Waals surface area contributed by atoms with Crippen molar-refractivity contribution in [2.24, 2.45) is 0 Å². The van der Waals surface area contributed by atoms with Crippen molar-refractivity contribution in [3.8, 4) is 0 Å². The highest BCUT2D eigenvalue weighted by molar-refractivity contribution is 5.86. The van der Waals surface area contributed by atoms with Gasteiger partial charge in [0, 0.05) is 20.1 Å². The fourth-order valence-corrected chi connectivity index (χ4v) is 1.80. The van der Waals surface area contributed by atoms with Crippen molar-refractivity contribution in [1.29, 1.82) is 0 Å². The number of rotatable bonds is 4. The smallest absolute Gasteiger partial charge is 0.222 e. The number of hydrogen-bond acceptors (Lipinski definition) is 3. The van der Waals surface area contributed by atoms with Gasteiger partial charge in [0.25, 0.3) is 0 Å². The molecule has 0 aromatic heterocycles. The Bertz CT molecular complexity index is 228. The quantitative estimate of drug-likeness (QED) is 0.699. The van der Waals surface area contributed by atoms with E-state index in [1.165, 1.54) is 7.11 Å². The van der Waals surface area contributed by atoms with Gasteiger partial charge in [0.05, 0.1) is 6.54 Å². The monoisotopic (exact) mass is 213 g/mol. The lowest BCUT2D eigenvalue weighted by atomic mass is 10.1. The third-order valence-electron chi connectivity index (χ3n) is 2.59. The largest absolute Gasteiger partial charge is 0.377 e. The van der Waals surface area contributed by atoms with E-state index in [4.69, 9.17) is 4.74 Å². The second-order valence-corrected chi connectivity index (χ2v) is 3.95. The molecule has 1 amide bonds. The number of amides is 1. The van der Waals surface area contributed by atoms with Crippen molar-refractivity contribution in [2.45, 2.75) is 32.1 Å². The summed E-state index contributed by atoms with van der Waals surface area (Å²) in [6.45, 7) is 1.03. The lowest BCUT2D eigenvalue weighted by Crippen LogP contribution is -2.38. The van der Waals surface area contributed by atoms with Gasteiger partial charge >= 0.3 is 0 Å². The third-order valence-corrected chi connectivity index (χ3v) is 2.59. The van der Waals surface area contributed by atoms with Crippen LogP contribution in [0.25, 0.3) is 0 Å². The standard InChI is InChI=1S/C11H19NO3/c1-15-9-10(13)8-12-7-5-3-2-4-6-11(12)14/h2-9H2,1H3. The number of Topliss-reactive ketones (excluding diaryl/α,β-unsaturated/α-hetero) is 1. The highest BCUT2D eigenvalue weighted by atomic mass is 16.5. The van der Waals surface area contributed by atoms with E-state index in [1.54, 1.807) is 4.90 Å². The molecule has 0 saturated carbocycles. The van der Waals surface area contributed by atoms with Gasteiger partial charge in [0.2, 0.25) is 5.91 Å². The topological polar surface area (TPSA) is 46.6 Å². The number of hydrogen-bond donors (Lipinski definition) is 0. The Morgan fingerprint density at radius 1 is 1.33 bits per heavy atom. The molecule has 4 nitrogen and oxygen atoms in total. The molecule has 1 fully saturated rings. The van der Waals surface area contributed by atoms with E-state index in [2.05, 4.69) is 0 Å². The van der Waals surface area contributed by atoms with Crippen LogP contribution in [0.5, 0.6) is 0 Å². The highest BCUT2D eigenvalue weighted by Gasteiger charge is 2.17. The number of methoxy groups -OCH3 is 1. The van der Waals surface area contributed by atoms with E-state index in [1.807, 2.05) is 0 Å². The van der Waals surface area contributed by atoms with Crippen LogP contribution in [0.4, 0.5) is 0 Å². The molecule has 0 N–H and O–H groups in total. The van der Waals surface area contributed by atoms with Crippen molar-refractivity contribution >= 4 is 11.7 Å². The summed E-state index contributed by atoms with van der Waals surface area (Å²) >= 11 is 0. The zero-order valence-corrected chi connectivity index (χ0v) is 9.33. The molecule has 0 radical (unpaired) electrons. The molecule has 0 aliphatic carbocycles. The van der Waals surface area contributed by atoms with Gasteiger partial charge in [-0.1, -0.05) is 12.8 Å². The highest BCUT2D eigenvalue weighted by Crippen LogP contribution is 2.11. The molecule has 15 heavy (non-hydrogen) atoms. The fourth-order valence-electron chi connectivity index (χ4n) is 1.80. The summed E-state index contributed by atoms with van der Waals surface area (Å²) in [5.74, 6) is 0.0885. The minimum absolute atomic E-state index is 0.0218. The van der Waals surface area contributed by atoms with Crippen LogP contribution in [0.1, 0.15) is 32.1 Å². The van der Waals surface area contributed by atoms with Gasteiger partial charge < -0.3 is 9.64 Å². The maximum absolute atomic E-state index is 11.6. The Balaban J connectivity index is 2.41. The predicted molar refractivity (Wildman–Crippen MR) is 56.5 cm³/mol. The summed E-state index contributed by atoms with van der Waals surface area (Å²) in [5.41, 5.74) is 0. The normalized spacial score (nSPS) is 18.5. The van der Waals surface area contributed by atoms with E-state index in [9.17, 15) is 9.59 Å². The Kier molecular flexibility index (Phi) is 5.32. The second-order valence-electron chi connectivity index (χ2n) is 3.95. The zero-order valence-electron chi connectivity index (χ0n) is 9.33. The van der Waals surface area contributed by atoms with Crippen LogP contribution in [0.2, 0.25) is 0 Å². The minimum Gasteiger partial charge on any atom is -0.377 e. The van der Waals surface area contributed by atoms with Crippen LogP contribution < -0.4 is 0 Å². The SMILES string of the molecule is COCC(=O)CN1CCCCCCC1=O. The molecule has 1 aliphatic rings. The molecule has 4 heteroatoms. The Labute approximate surface area is 90.6 Å². The minimum atomic E-state index is -0.0218. The van der Waals surface area contributed by atoms with Gasteiger partial charge in [-0.2, -0.15) is 0 Å². The first kappa shape index (κ1) is 12.2. The van der Waals surface area contributed by atoms with Crippen molar-refractivity contribution in [3.05, 3.63) is 0 Å². The molecule has 86 valence electrons. The van der Waals surface area contributed by atoms with E-state index in [0.717, 1.165) is 25.7 Å². The molecule has 1 aliphatic heterocycles. The number of ether oxygens (including phenoxy) is 1. The average molecular weight is 213 g/mol. The van der Waals surface area contributed by atoms with Crippen LogP contribution in [-0.4, -0.2) is 43.4 Å². The summed E-state index contributed by atoms with van der Waals surface area (Å²) in [6, 6.07) is 0. The molecule has 0 atom stereocenters. The predicted octanol–water partition coefficient (Wildman–Crippen LogP) is 0.995. The van der Waals surface area contributed by atoms with Crippen molar-refractivity contribution in [2.75, 3.05) is 26.8 Å². The molecular formula is C11H19NO3. The lowest BCUT2D eigenvalue weighted by molar-refractivity contribution is -0.137. The number of carbonyl (C=O) groups excluding carboxylic acids is 2. The molecule has 0 unspecified atom stereocenters. The van der Waals surface area contributed by atoms with Gasteiger partial charge in [0.15, 0.2) is 5.78 Å². The lowest BCUT2D eigenvalue weighted by Gasteiger charge is -2.23. The van der Waals surface area contributed by atoms with Crippen LogP contribution in [0, 0.1) is 0 Å². The number of nitrogens with zero attached hydrogens (tertiary/aromatic N) is 1. The molecular weight excluding hydrogens is 194 g/mol. The van der Waals surface area contributed by atoms with Crippen LogP contribution >= 0.6 is 0 Å². The average Bonchev–Trinajstić information content (AvgIpc) is 2.18. The van der Waals surface area contributed by atoms with E-state index >= 15 is 0 Å². The molecule has 0 aromatic rings. The molecule has 0 aromatic carbocycles. The summed E-state index contributed by atoms with van der Waals surface area (Å²) in [7, 11) is 1.49. The maximum atomic E-state index is 11.6. The number of carbonyl (C=O) groups is 2. The molecule has 0 bridgehead atoms. The van der Waals surface area contributed by atoms with Crippen molar-refractivity contribution < 1.29 is 14.3 Å². The first-order valence-electron chi connectivity index (χ1n) is 5.52. The summed E-state index contributed by atoms with van der Waals surface area (Å²) < 4.78 is 4.75. The maximum Gasteiger partial charge on any atom is 0.222 e. The van der Waals surface area contributed by atoms with Crippen LogP contribution in [-0.2, 0) is 14.3 Å². The van der Waals surface area contributed by atoms with E-state index in [0.29, 0.717) is 13.0 Å². The summed E-state index contributed by atoms with van der Waals surface area (Å²) in [6.07, 6.45) is 4.83. The Hall–Kier alpha value is -0.900. The molecule has 0 spiro atoms. The van der Waals surface area contributed by atoms with Crippen LogP contribution in [0.3, 0.4) is 0 Å². The van der Waals surface area contributed by atoms with Crippen molar-refractivity contribution in [1.82, 2.24) is 4.90 Å². The molecule has 1 heterocycles. The van der Waals surface area contributed by atoms with Gasteiger partial charge in [-0.05, 0) is 12.8 Å². The molecule has 1 saturated heterocycles. The van der Waals surface area contributed by atoms with Crippen molar-refractivity contribution in [3.63, 3.8) is 0 Å². The van der Waals surface area contributed by atoms with E-state index in [-0.39, 0.29) is 24.8 Å². The van der Waals surface area contributed by atoms with Gasteiger partial charge in [0.1, 0.15) is 6.61 Å². The summed E-state index contributed by atoms with van der Waals surface area (Å²) in [4.78, 5) is 24.6. The van der Waals surface area contributed by atoms with Gasteiger partial charge in [-0.15, -0.1) is 0 Å².